The van der Waals surface area contributed by atoms with Crippen LogP contribution in [0.2, 0.25) is 0 Å². The van der Waals surface area contributed by atoms with Crippen LogP contribution in [0.15, 0.2) is 162 Å². The summed E-state index contributed by atoms with van der Waals surface area (Å²) in [5, 5.41) is 0.275. The molecule has 0 saturated heterocycles. The van der Waals surface area contributed by atoms with Crippen LogP contribution >= 0.6 is 0 Å². The molecule has 4 nitrogen and oxygen atoms in total. The number of furan rings is 1. The highest BCUT2D eigenvalue weighted by Crippen LogP contribution is 2.44. The van der Waals surface area contributed by atoms with Crippen LogP contribution < -0.4 is 4.74 Å². The Hall–Kier alpha value is -7.56. The van der Waals surface area contributed by atoms with Crippen molar-refractivity contribution in [2.24, 2.45) is 0 Å². The zero-order valence-electron chi connectivity index (χ0n) is 50.2. The average Bonchev–Trinajstić information content (AvgIpc) is 3.91. The summed E-state index contributed by atoms with van der Waals surface area (Å²) in [6.45, 7) is -8.27. The van der Waals surface area contributed by atoms with Gasteiger partial charge in [0.15, 0.2) is 0 Å². The van der Waals surface area contributed by atoms with Crippen molar-refractivity contribution >= 4 is 21.9 Å². The van der Waals surface area contributed by atoms with Gasteiger partial charge in [0.1, 0.15) is 22.7 Å². The first-order chi connectivity index (χ1) is 37.0. The highest BCUT2D eigenvalue weighted by atomic mass is 16.5. The molecule has 7 aromatic carbocycles. The van der Waals surface area contributed by atoms with Crippen molar-refractivity contribution in [2.75, 3.05) is 0 Å². The van der Waals surface area contributed by atoms with Gasteiger partial charge in [-0.3, -0.25) is 9.97 Å². The number of rotatable bonds is 8. The number of nitrogens with zero attached hydrogens (tertiary/aromatic N) is 2. The normalized spacial score (nSPS) is 15.9. The number of fused-ring (bicyclic) bond motifs is 3. The molecular formula is C60H50N2O2. The molecule has 312 valence electrons. The lowest BCUT2D eigenvalue weighted by molar-refractivity contribution is 0.480. The molecule has 4 heteroatoms. The Morgan fingerprint density at radius 2 is 1.14 bits per heavy atom. The predicted molar refractivity (Wildman–Crippen MR) is 266 cm³/mol. The van der Waals surface area contributed by atoms with E-state index in [0.717, 1.165) is 68.4 Å². The van der Waals surface area contributed by atoms with Crippen molar-refractivity contribution < 1.29 is 29.7 Å². The number of aromatic nitrogens is 2. The summed E-state index contributed by atoms with van der Waals surface area (Å²) in [5.41, 5.74) is 8.28. The first-order valence-electron chi connectivity index (χ1n) is 28.3. The van der Waals surface area contributed by atoms with Crippen LogP contribution in [0.4, 0.5) is 0 Å². The molecule has 0 aliphatic rings. The lowest BCUT2D eigenvalue weighted by Gasteiger charge is -2.17. The Labute approximate surface area is 397 Å². The summed E-state index contributed by atoms with van der Waals surface area (Å²) in [7, 11) is 0. The minimum Gasteiger partial charge on any atom is -0.457 e. The van der Waals surface area contributed by atoms with E-state index in [9.17, 15) is 0 Å². The smallest absolute Gasteiger partial charge is 0.145 e. The number of pyridine rings is 2. The summed E-state index contributed by atoms with van der Waals surface area (Å²) in [4.78, 5) is 9.30. The summed E-state index contributed by atoms with van der Waals surface area (Å²) in [5.74, 6) is -0.231. The number of benzene rings is 7. The third-order valence-corrected chi connectivity index (χ3v) is 11.7. The molecule has 0 atom stereocenters. The second-order valence-corrected chi connectivity index (χ2v) is 16.2. The molecule has 3 aromatic heterocycles. The summed E-state index contributed by atoms with van der Waals surface area (Å²) < 4.78 is 141. The van der Waals surface area contributed by atoms with E-state index in [1.165, 1.54) is 18.2 Å². The predicted octanol–water partition coefficient (Wildman–Crippen LogP) is 16.6. The van der Waals surface area contributed by atoms with Crippen molar-refractivity contribution in [3.05, 3.63) is 202 Å². The van der Waals surface area contributed by atoms with E-state index >= 15 is 0 Å². The van der Waals surface area contributed by atoms with E-state index in [1.54, 1.807) is 30.5 Å². The van der Waals surface area contributed by atoms with Gasteiger partial charge in [-0.1, -0.05) is 109 Å². The topological polar surface area (TPSA) is 48.2 Å². The molecule has 3 heterocycles. The number of hydrogen-bond acceptors (Lipinski definition) is 4. The van der Waals surface area contributed by atoms with Crippen LogP contribution in [0.3, 0.4) is 0 Å². The van der Waals surface area contributed by atoms with Gasteiger partial charge >= 0.3 is 0 Å². The maximum atomic E-state index is 9.11. The number of ether oxygens (including phenoxy) is 1. The van der Waals surface area contributed by atoms with Crippen molar-refractivity contribution in [1.82, 2.24) is 9.97 Å². The molecule has 0 amide bonds. The molecule has 0 unspecified atom stereocenters. The van der Waals surface area contributed by atoms with Crippen LogP contribution in [0, 0.1) is 55.0 Å². The van der Waals surface area contributed by atoms with E-state index in [-0.39, 0.29) is 66.9 Å². The highest BCUT2D eigenvalue weighted by Gasteiger charge is 2.21. The van der Waals surface area contributed by atoms with Crippen molar-refractivity contribution in [3.8, 4) is 78.5 Å². The van der Waals surface area contributed by atoms with Gasteiger partial charge in [-0.25, -0.2) is 0 Å². The first-order valence-corrected chi connectivity index (χ1v) is 20.8. The van der Waals surface area contributed by atoms with Crippen LogP contribution in [0.25, 0.3) is 89.0 Å². The molecule has 0 aliphatic carbocycles. The van der Waals surface area contributed by atoms with Crippen molar-refractivity contribution in [3.63, 3.8) is 0 Å². The second kappa shape index (κ2) is 16.3. The van der Waals surface area contributed by atoms with Gasteiger partial charge < -0.3 is 9.15 Å². The molecular weight excluding hydrogens is 781 g/mol. The van der Waals surface area contributed by atoms with Crippen molar-refractivity contribution in [1.29, 1.82) is 0 Å². The lowest BCUT2D eigenvalue weighted by Crippen LogP contribution is -1.96. The zero-order valence-corrected chi connectivity index (χ0v) is 35.2. The molecule has 0 fully saturated rings. The van der Waals surface area contributed by atoms with Crippen LogP contribution in [0.5, 0.6) is 11.5 Å². The van der Waals surface area contributed by atoms with Gasteiger partial charge in [-0.15, -0.1) is 0 Å². The van der Waals surface area contributed by atoms with Gasteiger partial charge in [0.05, 0.1) is 11.4 Å². The van der Waals surface area contributed by atoms with Crippen LogP contribution in [0.1, 0.15) is 65.1 Å². The Bertz CT molecular complexity index is 3980. The minimum absolute atomic E-state index is 0.00424. The Balaban J connectivity index is 1.22. The Kier molecular flexibility index (Phi) is 6.82. The maximum absolute atomic E-state index is 9.11. The molecule has 0 aliphatic heterocycles. The van der Waals surface area contributed by atoms with E-state index in [4.69, 9.17) is 34.7 Å². The molecule has 0 radical (unpaired) electrons. The van der Waals surface area contributed by atoms with Crippen molar-refractivity contribution in [2.45, 2.75) is 55.0 Å². The monoisotopic (exact) mass is 845 g/mol. The fraction of sp³-hybridized carbons (Fsp3) is 0.133. The van der Waals surface area contributed by atoms with Gasteiger partial charge in [0.25, 0.3) is 0 Å². The summed E-state index contributed by atoms with van der Waals surface area (Å²) in [6, 6.07) is 42.7. The Morgan fingerprint density at radius 3 is 1.84 bits per heavy atom. The average molecular weight is 846 g/mol. The molecule has 10 rings (SSSR count). The van der Waals surface area contributed by atoms with E-state index in [1.807, 2.05) is 106 Å². The van der Waals surface area contributed by atoms with E-state index in [2.05, 4.69) is 11.1 Å². The summed E-state index contributed by atoms with van der Waals surface area (Å²) >= 11 is 0. The van der Waals surface area contributed by atoms with E-state index < -0.39 is 45.4 Å². The van der Waals surface area contributed by atoms with Gasteiger partial charge in [0.2, 0.25) is 0 Å². The molecule has 64 heavy (non-hydrogen) atoms. The number of hydrogen-bond donors (Lipinski definition) is 0. The lowest BCUT2D eigenvalue weighted by atomic mass is 9.93. The third kappa shape index (κ3) is 7.56. The standard InChI is InChI=1S/C60H50N2O2/c1-35-14-23-50(38(4)24-35)51-32-56(62-34-41(51)7)53-30-49(31-54-59-39(5)25-36(2)26-58(59)64-60(53)54)63-57-29-48(55-27-37(3)40(6)33-61-55)28-52(42(57)8)47-21-19-46(20-22-47)45-17-15-44(16-18-45)43-12-10-9-11-13-43/h9-34H,1-8H3/i2D3,3D3,5D3,6D3,8D3. The van der Waals surface area contributed by atoms with Crippen LogP contribution in [-0.2, 0) is 0 Å². The minimum atomic E-state index is -2.90. The SMILES string of the molecule is [2H]C([2H])([2H])c1cc(C([2H])([2H])[2H])c2c(c1)oc1c(-c3cc(-c4ccc(C)cc4C)c(C)cn3)cc(Oc3cc(-c4cc(C([2H])([2H])[2H])c(C([2H])([2H])[2H])cn4)cc(-c4ccc(-c5ccc(-c6ccccc6)cc5)cc4)c3C([2H])([2H])[2H])cc12. The molecule has 10 aromatic rings. The molecule has 0 N–H and O–H groups in total. The first kappa shape index (κ1) is 26.8. The van der Waals surface area contributed by atoms with Gasteiger partial charge in [0, 0.05) is 54.9 Å². The fourth-order valence-corrected chi connectivity index (χ4v) is 8.45. The molecule has 0 bridgehead atoms. The highest BCUT2D eigenvalue weighted by molar-refractivity contribution is 6.11. The Morgan fingerprint density at radius 1 is 0.453 bits per heavy atom. The number of aryl methyl sites for hydroxylation is 7. The second-order valence-electron chi connectivity index (χ2n) is 16.2. The van der Waals surface area contributed by atoms with E-state index in [0.29, 0.717) is 16.8 Å². The largest absolute Gasteiger partial charge is 0.457 e. The fourth-order valence-electron chi connectivity index (χ4n) is 8.45. The summed E-state index contributed by atoms with van der Waals surface area (Å²) in [6.07, 6.45) is 2.68. The zero-order chi connectivity index (χ0) is 56.7. The molecule has 0 saturated carbocycles. The third-order valence-electron chi connectivity index (χ3n) is 11.7. The van der Waals surface area contributed by atoms with Crippen LogP contribution in [-0.4, -0.2) is 9.97 Å². The molecule has 0 spiro atoms. The van der Waals surface area contributed by atoms with Gasteiger partial charge in [-0.2, -0.15) is 0 Å². The van der Waals surface area contributed by atoms with Gasteiger partial charge in [-0.05, 0) is 181 Å². The quantitative estimate of drug-likeness (QED) is 0.153. The maximum Gasteiger partial charge on any atom is 0.145 e.